The molecule has 4 rings (SSSR count). The number of fused-ring (bicyclic) bond motifs is 1. The lowest BCUT2D eigenvalue weighted by Crippen LogP contribution is -2.41. The molecule has 0 spiro atoms. The zero-order valence-corrected chi connectivity index (χ0v) is 19.7. The summed E-state index contributed by atoms with van der Waals surface area (Å²) in [6, 6.07) is 17.6. The number of amides is 2. The fraction of sp³-hybridized carbons (Fsp3) is 0.231. The standard InChI is InChI=1S/C26H26N2O7/c1-31-22-13-17(14-23(32-2)25(22)33-3)26(30)27-18-9-10-21-20(15-18)28(24(29)16-35-21)11-12-34-19-7-5-4-6-8-19/h4-10,13-15H,11-12,16H2,1-3H3,(H,27,30). The van der Waals surface area contributed by atoms with Gasteiger partial charge in [0.05, 0.1) is 33.6 Å². The number of carbonyl (C=O) groups is 2. The Balaban J connectivity index is 1.52. The summed E-state index contributed by atoms with van der Waals surface area (Å²) in [5.74, 6) is 1.82. The summed E-state index contributed by atoms with van der Waals surface area (Å²) in [6.07, 6.45) is 0. The van der Waals surface area contributed by atoms with Gasteiger partial charge in [0.15, 0.2) is 18.1 Å². The SMILES string of the molecule is COc1cc(C(=O)Nc2ccc3c(c2)N(CCOc2ccccc2)C(=O)CO3)cc(OC)c1OC. The Morgan fingerprint density at radius 2 is 1.69 bits per heavy atom. The van der Waals surface area contributed by atoms with Crippen LogP contribution in [-0.4, -0.2) is 52.9 Å². The number of nitrogens with one attached hydrogen (secondary N) is 1. The van der Waals surface area contributed by atoms with Crippen molar-refractivity contribution in [3.63, 3.8) is 0 Å². The molecule has 1 aliphatic heterocycles. The lowest BCUT2D eigenvalue weighted by molar-refractivity contribution is -0.121. The third-order valence-corrected chi connectivity index (χ3v) is 5.41. The van der Waals surface area contributed by atoms with E-state index in [4.69, 9.17) is 23.7 Å². The predicted molar refractivity (Wildman–Crippen MR) is 130 cm³/mol. The number of anilines is 2. The summed E-state index contributed by atoms with van der Waals surface area (Å²) in [5, 5.41) is 2.85. The van der Waals surface area contributed by atoms with Crippen molar-refractivity contribution in [1.29, 1.82) is 0 Å². The van der Waals surface area contributed by atoms with Gasteiger partial charge in [-0.15, -0.1) is 0 Å². The van der Waals surface area contributed by atoms with E-state index in [0.717, 1.165) is 5.75 Å². The number of ether oxygens (including phenoxy) is 5. The topological polar surface area (TPSA) is 95.6 Å². The fourth-order valence-corrected chi connectivity index (χ4v) is 3.71. The predicted octanol–water partition coefficient (Wildman–Crippen LogP) is 3.77. The van der Waals surface area contributed by atoms with Gasteiger partial charge in [0.25, 0.3) is 11.8 Å². The van der Waals surface area contributed by atoms with Gasteiger partial charge in [-0.1, -0.05) is 18.2 Å². The summed E-state index contributed by atoms with van der Waals surface area (Å²) in [5.41, 5.74) is 1.37. The van der Waals surface area contributed by atoms with Crippen molar-refractivity contribution >= 4 is 23.2 Å². The van der Waals surface area contributed by atoms with E-state index in [-0.39, 0.29) is 18.4 Å². The minimum atomic E-state index is -0.383. The van der Waals surface area contributed by atoms with Crippen LogP contribution >= 0.6 is 0 Å². The second-order valence-corrected chi connectivity index (χ2v) is 7.55. The zero-order chi connectivity index (χ0) is 24.8. The molecule has 0 bridgehead atoms. The van der Waals surface area contributed by atoms with E-state index in [9.17, 15) is 9.59 Å². The van der Waals surface area contributed by atoms with Crippen molar-refractivity contribution in [1.82, 2.24) is 0 Å². The number of hydrogen-bond donors (Lipinski definition) is 1. The highest BCUT2D eigenvalue weighted by Crippen LogP contribution is 2.39. The number of hydrogen-bond acceptors (Lipinski definition) is 7. The first-order valence-electron chi connectivity index (χ1n) is 10.9. The fourth-order valence-electron chi connectivity index (χ4n) is 3.71. The van der Waals surface area contributed by atoms with Crippen LogP contribution in [0.3, 0.4) is 0 Å². The monoisotopic (exact) mass is 478 g/mol. The molecule has 0 fully saturated rings. The number of nitrogens with zero attached hydrogens (tertiary/aromatic N) is 1. The summed E-state index contributed by atoms with van der Waals surface area (Å²) in [6.45, 7) is 0.570. The Morgan fingerprint density at radius 1 is 0.971 bits per heavy atom. The van der Waals surface area contributed by atoms with Gasteiger partial charge in [0, 0.05) is 11.3 Å². The average Bonchev–Trinajstić information content (AvgIpc) is 2.89. The van der Waals surface area contributed by atoms with E-state index < -0.39 is 0 Å². The van der Waals surface area contributed by atoms with Crippen molar-refractivity contribution in [3.8, 4) is 28.7 Å². The van der Waals surface area contributed by atoms with Crippen LogP contribution in [0.25, 0.3) is 0 Å². The van der Waals surface area contributed by atoms with Crippen molar-refractivity contribution < 1.29 is 33.3 Å². The smallest absolute Gasteiger partial charge is 0.265 e. The van der Waals surface area contributed by atoms with Crippen LogP contribution in [-0.2, 0) is 4.79 Å². The molecule has 0 saturated heterocycles. The maximum atomic E-state index is 13.0. The zero-order valence-electron chi connectivity index (χ0n) is 19.7. The number of rotatable bonds is 9. The second kappa shape index (κ2) is 10.7. The lowest BCUT2D eigenvalue weighted by Gasteiger charge is -2.29. The second-order valence-electron chi connectivity index (χ2n) is 7.55. The maximum Gasteiger partial charge on any atom is 0.265 e. The van der Waals surface area contributed by atoms with Crippen LogP contribution in [0.1, 0.15) is 10.4 Å². The van der Waals surface area contributed by atoms with E-state index in [0.29, 0.717) is 53.1 Å². The molecule has 1 N–H and O–H groups in total. The van der Waals surface area contributed by atoms with E-state index in [2.05, 4.69) is 5.32 Å². The molecule has 0 unspecified atom stereocenters. The number of carbonyl (C=O) groups excluding carboxylic acids is 2. The summed E-state index contributed by atoms with van der Waals surface area (Å²) in [4.78, 5) is 27.2. The molecule has 0 saturated carbocycles. The van der Waals surface area contributed by atoms with Crippen molar-refractivity contribution in [2.45, 2.75) is 0 Å². The molecule has 2 amide bonds. The van der Waals surface area contributed by atoms with Crippen molar-refractivity contribution in [3.05, 3.63) is 66.2 Å². The lowest BCUT2D eigenvalue weighted by atomic mass is 10.1. The molecular weight excluding hydrogens is 452 g/mol. The summed E-state index contributed by atoms with van der Waals surface area (Å²) >= 11 is 0. The van der Waals surface area contributed by atoms with Gasteiger partial charge < -0.3 is 33.9 Å². The van der Waals surface area contributed by atoms with E-state index >= 15 is 0 Å². The first kappa shape index (κ1) is 23.7. The molecule has 9 heteroatoms. The minimum absolute atomic E-state index is 0.0600. The van der Waals surface area contributed by atoms with E-state index in [1.165, 1.54) is 21.3 Å². The molecular formula is C26H26N2O7. The van der Waals surface area contributed by atoms with Gasteiger partial charge in [-0.2, -0.15) is 0 Å². The molecule has 9 nitrogen and oxygen atoms in total. The third kappa shape index (κ3) is 5.24. The Morgan fingerprint density at radius 3 is 2.34 bits per heavy atom. The van der Waals surface area contributed by atoms with E-state index in [1.54, 1.807) is 35.2 Å². The molecule has 1 aliphatic rings. The van der Waals surface area contributed by atoms with Crippen LogP contribution in [0, 0.1) is 0 Å². The van der Waals surface area contributed by atoms with Gasteiger partial charge in [-0.25, -0.2) is 0 Å². The molecule has 0 atom stereocenters. The normalized spacial score (nSPS) is 12.3. The molecule has 0 aliphatic carbocycles. The van der Waals surface area contributed by atoms with Crippen LogP contribution in [0.4, 0.5) is 11.4 Å². The number of methoxy groups -OCH3 is 3. The largest absolute Gasteiger partial charge is 0.493 e. The Hall–Kier alpha value is -4.40. The van der Waals surface area contributed by atoms with Gasteiger partial charge >= 0.3 is 0 Å². The minimum Gasteiger partial charge on any atom is -0.493 e. The highest BCUT2D eigenvalue weighted by molar-refractivity contribution is 6.06. The summed E-state index contributed by atoms with van der Waals surface area (Å²) < 4.78 is 27.3. The highest BCUT2D eigenvalue weighted by Gasteiger charge is 2.26. The van der Waals surface area contributed by atoms with Crippen molar-refractivity contribution in [2.24, 2.45) is 0 Å². The van der Waals surface area contributed by atoms with Crippen LogP contribution in [0.15, 0.2) is 60.7 Å². The summed E-state index contributed by atoms with van der Waals surface area (Å²) in [7, 11) is 4.46. The third-order valence-electron chi connectivity index (χ3n) is 5.41. The molecule has 1 heterocycles. The first-order valence-corrected chi connectivity index (χ1v) is 10.9. The molecule has 0 radical (unpaired) electrons. The molecule has 182 valence electrons. The first-order chi connectivity index (χ1) is 17.0. The van der Waals surface area contributed by atoms with Crippen LogP contribution < -0.4 is 33.9 Å². The van der Waals surface area contributed by atoms with Gasteiger partial charge in [-0.3, -0.25) is 9.59 Å². The van der Waals surface area contributed by atoms with Crippen LogP contribution in [0.2, 0.25) is 0 Å². The number of benzene rings is 3. The van der Waals surface area contributed by atoms with Gasteiger partial charge in [0.2, 0.25) is 5.75 Å². The molecule has 35 heavy (non-hydrogen) atoms. The number of para-hydroxylation sites is 1. The Bertz CT molecular complexity index is 1190. The van der Waals surface area contributed by atoms with Crippen molar-refractivity contribution in [2.75, 3.05) is 51.3 Å². The maximum absolute atomic E-state index is 13.0. The van der Waals surface area contributed by atoms with Crippen LogP contribution in [0.5, 0.6) is 28.7 Å². The van der Waals surface area contributed by atoms with Gasteiger partial charge in [0.1, 0.15) is 18.1 Å². The average molecular weight is 479 g/mol. The molecule has 3 aromatic carbocycles. The molecule has 0 aromatic heterocycles. The van der Waals surface area contributed by atoms with Gasteiger partial charge in [-0.05, 0) is 42.5 Å². The highest BCUT2D eigenvalue weighted by atomic mass is 16.5. The Labute approximate surface area is 203 Å². The van der Waals surface area contributed by atoms with E-state index in [1.807, 2.05) is 30.3 Å². The Kier molecular flexibility index (Phi) is 7.25. The molecule has 3 aromatic rings. The quantitative estimate of drug-likeness (QED) is 0.500.